The molecule has 0 aromatic carbocycles. The van der Waals surface area contributed by atoms with Gasteiger partial charge < -0.3 is 9.64 Å². The molecule has 0 saturated heterocycles. The second kappa shape index (κ2) is 7.26. The zero-order chi connectivity index (χ0) is 17.0. The van der Waals surface area contributed by atoms with E-state index in [2.05, 4.69) is 4.98 Å². The molecule has 6 nitrogen and oxygen atoms in total. The highest BCUT2D eigenvalue weighted by atomic mass is 16.5. The molecule has 1 amide bonds. The van der Waals surface area contributed by atoms with Crippen LogP contribution in [-0.2, 0) is 9.53 Å². The first kappa shape index (κ1) is 17.0. The van der Waals surface area contributed by atoms with Crippen LogP contribution in [-0.4, -0.2) is 45.9 Å². The van der Waals surface area contributed by atoms with Crippen LogP contribution in [0.15, 0.2) is 18.3 Å². The highest BCUT2D eigenvalue weighted by molar-refractivity contribution is 5.95. The number of carbonyl (C=O) groups excluding carboxylic acids is 2. The summed E-state index contributed by atoms with van der Waals surface area (Å²) in [6, 6.07) is 3.89. The van der Waals surface area contributed by atoms with Gasteiger partial charge in [0.25, 0.3) is 5.91 Å². The lowest BCUT2D eigenvalue weighted by atomic mass is 10.2. The van der Waals surface area contributed by atoms with Crippen LogP contribution in [0.3, 0.4) is 0 Å². The Morgan fingerprint density at radius 1 is 1.30 bits per heavy atom. The first-order valence-corrected chi connectivity index (χ1v) is 7.88. The number of hydrogen-bond acceptors (Lipinski definition) is 4. The predicted molar refractivity (Wildman–Crippen MR) is 87.5 cm³/mol. The van der Waals surface area contributed by atoms with Crippen LogP contribution < -0.4 is 0 Å². The fourth-order valence-corrected chi connectivity index (χ4v) is 2.53. The number of aromatic nitrogens is 2. The van der Waals surface area contributed by atoms with Gasteiger partial charge in [-0.3, -0.25) is 14.0 Å². The fourth-order valence-electron chi connectivity index (χ4n) is 2.53. The van der Waals surface area contributed by atoms with Crippen molar-refractivity contribution in [3.63, 3.8) is 0 Å². The van der Waals surface area contributed by atoms with Crippen molar-refractivity contribution < 1.29 is 14.3 Å². The molecule has 0 spiro atoms. The first-order valence-electron chi connectivity index (χ1n) is 7.88. The molecule has 0 N–H and O–H groups in total. The maximum Gasteiger partial charge on any atom is 0.307 e. The summed E-state index contributed by atoms with van der Waals surface area (Å²) in [7, 11) is 0. The molecular weight excluding hydrogens is 294 g/mol. The highest BCUT2D eigenvalue weighted by Gasteiger charge is 2.22. The summed E-state index contributed by atoms with van der Waals surface area (Å²) >= 11 is 0. The third-order valence-corrected chi connectivity index (χ3v) is 3.72. The van der Waals surface area contributed by atoms with E-state index in [9.17, 15) is 9.59 Å². The van der Waals surface area contributed by atoms with E-state index in [1.165, 1.54) is 0 Å². The minimum absolute atomic E-state index is 0.120. The molecule has 0 saturated carbocycles. The number of hydrogen-bond donors (Lipinski definition) is 0. The van der Waals surface area contributed by atoms with E-state index < -0.39 is 0 Å². The molecular formula is C17H23N3O3. The molecule has 0 aliphatic rings. The van der Waals surface area contributed by atoms with Gasteiger partial charge in [0, 0.05) is 19.3 Å². The maximum atomic E-state index is 12.8. The van der Waals surface area contributed by atoms with Gasteiger partial charge in [0.05, 0.1) is 18.7 Å². The monoisotopic (exact) mass is 317 g/mol. The Labute approximate surface area is 136 Å². The van der Waals surface area contributed by atoms with Gasteiger partial charge in [-0.25, -0.2) is 4.98 Å². The summed E-state index contributed by atoms with van der Waals surface area (Å²) in [5.74, 6) is -0.408. The van der Waals surface area contributed by atoms with Gasteiger partial charge in [-0.1, -0.05) is 0 Å². The second-order valence-electron chi connectivity index (χ2n) is 5.42. The Morgan fingerprint density at radius 3 is 2.70 bits per heavy atom. The van der Waals surface area contributed by atoms with Gasteiger partial charge in [0.15, 0.2) is 0 Å². The van der Waals surface area contributed by atoms with E-state index >= 15 is 0 Å². The quantitative estimate of drug-likeness (QED) is 0.767. The van der Waals surface area contributed by atoms with Gasteiger partial charge in [-0.2, -0.15) is 0 Å². The summed E-state index contributed by atoms with van der Waals surface area (Å²) in [5, 5.41) is 0. The van der Waals surface area contributed by atoms with Crippen molar-refractivity contribution in [2.45, 2.75) is 34.1 Å². The molecule has 124 valence electrons. The predicted octanol–water partition coefficient (Wildman–Crippen LogP) is 2.37. The van der Waals surface area contributed by atoms with Crippen LogP contribution in [0, 0.1) is 13.8 Å². The van der Waals surface area contributed by atoms with Crippen LogP contribution in [0.25, 0.3) is 5.65 Å². The number of amides is 1. The Balaban J connectivity index is 2.24. The average molecular weight is 317 g/mol. The van der Waals surface area contributed by atoms with E-state index in [0.717, 1.165) is 11.2 Å². The zero-order valence-corrected chi connectivity index (χ0v) is 14.1. The molecule has 2 rings (SSSR count). The molecule has 0 aliphatic heterocycles. The van der Waals surface area contributed by atoms with Crippen molar-refractivity contribution in [1.29, 1.82) is 0 Å². The van der Waals surface area contributed by atoms with E-state index in [0.29, 0.717) is 31.1 Å². The fraction of sp³-hybridized carbons (Fsp3) is 0.471. The Morgan fingerprint density at radius 2 is 2.04 bits per heavy atom. The zero-order valence-electron chi connectivity index (χ0n) is 14.1. The van der Waals surface area contributed by atoms with Crippen molar-refractivity contribution >= 4 is 17.5 Å². The first-order chi connectivity index (χ1) is 11.0. The largest absolute Gasteiger partial charge is 0.466 e. The second-order valence-corrected chi connectivity index (χ2v) is 5.42. The third-order valence-electron chi connectivity index (χ3n) is 3.72. The van der Waals surface area contributed by atoms with Crippen LogP contribution in [0.1, 0.15) is 42.0 Å². The molecule has 2 aromatic heterocycles. The number of nitrogens with zero attached hydrogens (tertiary/aromatic N) is 3. The smallest absolute Gasteiger partial charge is 0.307 e. The number of rotatable bonds is 6. The SMILES string of the molecule is CCOC(=O)CCN(CC)C(=O)c1c(C)nc2cc(C)ccn12. The minimum Gasteiger partial charge on any atom is -0.466 e. The standard InChI is InChI=1S/C17H23N3O3/c1-5-19(9-8-15(21)23-6-2)17(22)16-13(4)18-14-11-12(3)7-10-20(14)16/h7,10-11H,5-6,8-9H2,1-4H3. The normalized spacial score (nSPS) is 10.8. The lowest BCUT2D eigenvalue weighted by Crippen LogP contribution is -2.34. The number of esters is 1. The molecule has 0 unspecified atom stereocenters. The number of carbonyl (C=O) groups is 2. The van der Waals surface area contributed by atoms with Gasteiger partial charge in [-0.05, 0) is 45.4 Å². The lowest BCUT2D eigenvalue weighted by molar-refractivity contribution is -0.143. The highest BCUT2D eigenvalue weighted by Crippen LogP contribution is 2.16. The summed E-state index contributed by atoms with van der Waals surface area (Å²) in [4.78, 5) is 30.5. The average Bonchev–Trinajstić information content (AvgIpc) is 2.82. The summed E-state index contributed by atoms with van der Waals surface area (Å²) in [6.45, 7) is 8.70. The van der Waals surface area contributed by atoms with E-state index in [1.54, 1.807) is 16.2 Å². The maximum absolute atomic E-state index is 12.8. The molecule has 0 atom stereocenters. The van der Waals surface area contributed by atoms with E-state index in [4.69, 9.17) is 4.74 Å². The number of pyridine rings is 1. The van der Waals surface area contributed by atoms with Crippen molar-refractivity contribution in [2.24, 2.45) is 0 Å². The van der Waals surface area contributed by atoms with Crippen LogP contribution in [0.5, 0.6) is 0 Å². The lowest BCUT2D eigenvalue weighted by Gasteiger charge is -2.20. The number of imidazole rings is 1. The Kier molecular flexibility index (Phi) is 5.36. The molecule has 0 fully saturated rings. The van der Waals surface area contributed by atoms with Crippen LogP contribution in [0.4, 0.5) is 0 Å². The molecule has 23 heavy (non-hydrogen) atoms. The molecule has 0 radical (unpaired) electrons. The van der Waals surface area contributed by atoms with E-state index in [1.807, 2.05) is 39.1 Å². The molecule has 2 aromatic rings. The van der Waals surface area contributed by atoms with Gasteiger partial charge in [0.2, 0.25) is 0 Å². The van der Waals surface area contributed by atoms with Gasteiger partial charge >= 0.3 is 5.97 Å². The van der Waals surface area contributed by atoms with Gasteiger partial charge in [-0.15, -0.1) is 0 Å². The Hall–Kier alpha value is -2.37. The van der Waals surface area contributed by atoms with Crippen molar-refractivity contribution in [3.05, 3.63) is 35.3 Å². The summed E-state index contributed by atoms with van der Waals surface area (Å²) < 4.78 is 6.72. The number of ether oxygens (including phenoxy) is 1. The topological polar surface area (TPSA) is 63.9 Å². The van der Waals surface area contributed by atoms with Gasteiger partial charge in [0.1, 0.15) is 11.3 Å². The van der Waals surface area contributed by atoms with E-state index in [-0.39, 0.29) is 18.3 Å². The minimum atomic E-state index is -0.288. The number of fused-ring (bicyclic) bond motifs is 1. The summed E-state index contributed by atoms with van der Waals surface area (Å²) in [6.07, 6.45) is 2.05. The number of aryl methyl sites for hydroxylation is 2. The van der Waals surface area contributed by atoms with Crippen LogP contribution >= 0.6 is 0 Å². The summed E-state index contributed by atoms with van der Waals surface area (Å²) in [5.41, 5.74) is 3.09. The molecule has 0 aliphatic carbocycles. The Bertz CT molecular complexity index is 721. The molecule has 6 heteroatoms. The molecule has 2 heterocycles. The van der Waals surface area contributed by atoms with Crippen molar-refractivity contribution in [1.82, 2.24) is 14.3 Å². The molecule has 0 bridgehead atoms. The third kappa shape index (κ3) is 3.70. The van der Waals surface area contributed by atoms with Crippen molar-refractivity contribution in [2.75, 3.05) is 19.7 Å². The van der Waals surface area contributed by atoms with Crippen molar-refractivity contribution in [3.8, 4) is 0 Å². The van der Waals surface area contributed by atoms with Crippen LogP contribution in [0.2, 0.25) is 0 Å².